The van der Waals surface area contributed by atoms with Crippen molar-refractivity contribution in [2.24, 2.45) is 4.99 Å². The lowest BCUT2D eigenvalue weighted by atomic mass is 9.92. The Morgan fingerprint density at radius 3 is 2.57 bits per heavy atom. The van der Waals surface area contributed by atoms with Gasteiger partial charge in [0, 0.05) is 38.8 Å². The number of nitrogens with one attached hydrogen (secondary N) is 2. The van der Waals surface area contributed by atoms with Gasteiger partial charge < -0.3 is 20.3 Å². The Balaban J connectivity index is 1.39. The van der Waals surface area contributed by atoms with Crippen molar-refractivity contribution in [1.82, 2.24) is 15.5 Å². The first-order valence-electron chi connectivity index (χ1n) is 11.0. The third-order valence-corrected chi connectivity index (χ3v) is 6.36. The number of hydrogen-bond acceptors (Lipinski definition) is 3. The molecular weight excluding hydrogens is 348 g/mol. The number of guanidine groups is 1. The summed E-state index contributed by atoms with van der Waals surface area (Å²) in [6.45, 7) is 5.39. The Bertz CT molecular complexity index is 631. The summed E-state index contributed by atoms with van der Waals surface area (Å²) >= 11 is 0. The molecule has 28 heavy (non-hydrogen) atoms. The molecule has 0 aromatic heterocycles. The minimum atomic E-state index is 0.533. The molecule has 1 aliphatic carbocycles. The van der Waals surface area contributed by atoms with E-state index in [0.29, 0.717) is 6.04 Å². The summed E-state index contributed by atoms with van der Waals surface area (Å²) in [6.07, 6.45) is 10.5. The van der Waals surface area contributed by atoms with Crippen LogP contribution in [0.2, 0.25) is 0 Å². The third-order valence-electron chi connectivity index (χ3n) is 6.36. The first-order chi connectivity index (χ1) is 13.7. The molecule has 2 aliphatic rings. The summed E-state index contributed by atoms with van der Waals surface area (Å²) in [6, 6.07) is 7.82. The normalized spacial score (nSPS) is 20.2. The lowest BCUT2D eigenvalue weighted by molar-refractivity contribution is 0.119. The van der Waals surface area contributed by atoms with Crippen molar-refractivity contribution >= 4 is 5.96 Å². The van der Waals surface area contributed by atoms with E-state index in [4.69, 9.17) is 4.74 Å². The Morgan fingerprint density at radius 1 is 1.14 bits per heavy atom. The first-order valence-corrected chi connectivity index (χ1v) is 11.0. The second-order valence-corrected chi connectivity index (χ2v) is 8.30. The van der Waals surface area contributed by atoms with Gasteiger partial charge >= 0.3 is 0 Å². The largest absolute Gasteiger partial charge is 0.496 e. The Hall–Kier alpha value is -1.75. The summed E-state index contributed by atoms with van der Waals surface area (Å²) < 4.78 is 5.43. The molecule has 1 saturated heterocycles. The molecule has 156 valence electrons. The number of likely N-dealkylation sites (tertiary alicyclic amines) is 1. The van der Waals surface area contributed by atoms with Crippen LogP contribution in [0.1, 0.15) is 56.1 Å². The summed E-state index contributed by atoms with van der Waals surface area (Å²) in [4.78, 5) is 7.16. The van der Waals surface area contributed by atoms with Crippen LogP contribution in [-0.4, -0.2) is 56.7 Å². The van der Waals surface area contributed by atoms with Crippen molar-refractivity contribution < 1.29 is 4.74 Å². The zero-order valence-corrected chi connectivity index (χ0v) is 18.0. The molecule has 1 aromatic carbocycles. The van der Waals surface area contributed by atoms with Gasteiger partial charge in [-0.2, -0.15) is 0 Å². The number of aryl methyl sites for hydroxylation is 1. The number of piperidine rings is 1. The summed E-state index contributed by atoms with van der Waals surface area (Å²) in [5, 5.41) is 7.11. The fraction of sp³-hybridized carbons (Fsp3) is 0.696. The van der Waals surface area contributed by atoms with Crippen molar-refractivity contribution in [2.45, 2.75) is 70.4 Å². The van der Waals surface area contributed by atoms with Crippen LogP contribution in [0.15, 0.2) is 23.2 Å². The topological polar surface area (TPSA) is 48.9 Å². The Labute approximate surface area is 170 Å². The van der Waals surface area contributed by atoms with E-state index in [-0.39, 0.29) is 0 Å². The predicted octanol–water partition coefficient (Wildman–Crippen LogP) is 3.51. The highest BCUT2D eigenvalue weighted by Gasteiger charge is 2.26. The van der Waals surface area contributed by atoms with Gasteiger partial charge in [0.15, 0.2) is 5.96 Å². The molecule has 5 nitrogen and oxygen atoms in total. The van der Waals surface area contributed by atoms with Crippen molar-refractivity contribution in [3.05, 3.63) is 29.3 Å². The molecule has 0 atom stereocenters. The average Bonchev–Trinajstić information content (AvgIpc) is 2.75. The maximum atomic E-state index is 5.43. The molecule has 0 unspecified atom stereocenters. The number of rotatable bonds is 6. The maximum Gasteiger partial charge on any atom is 0.191 e. The van der Waals surface area contributed by atoms with Crippen LogP contribution in [0.5, 0.6) is 5.75 Å². The van der Waals surface area contributed by atoms with E-state index in [0.717, 1.165) is 30.7 Å². The smallest absolute Gasteiger partial charge is 0.191 e. The van der Waals surface area contributed by atoms with E-state index >= 15 is 0 Å². The van der Waals surface area contributed by atoms with Crippen LogP contribution in [0.25, 0.3) is 0 Å². The first kappa shape index (κ1) is 21.0. The van der Waals surface area contributed by atoms with Gasteiger partial charge in [0.2, 0.25) is 0 Å². The zero-order chi connectivity index (χ0) is 19.8. The van der Waals surface area contributed by atoms with Crippen LogP contribution >= 0.6 is 0 Å². The number of hydrogen-bond donors (Lipinski definition) is 2. The van der Waals surface area contributed by atoms with E-state index in [1.54, 1.807) is 7.11 Å². The standard InChI is InChI=1S/C23H38N4O/c1-18-9-10-19(17-22(18)28-3)11-14-25-23(24-2)26-20-12-15-27(16-13-20)21-7-5-4-6-8-21/h9-10,17,20-21H,4-8,11-16H2,1-3H3,(H2,24,25,26). The van der Waals surface area contributed by atoms with E-state index in [1.165, 1.54) is 69.2 Å². The van der Waals surface area contributed by atoms with Gasteiger partial charge in [-0.15, -0.1) is 0 Å². The molecule has 1 heterocycles. The number of aliphatic imine (C=N–C) groups is 1. The van der Waals surface area contributed by atoms with Gasteiger partial charge in [-0.25, -0.2) is 0 Å². The van der Waals surface area contributed by atoms with Gasteiger partial charge in [-0.1, -0.05) is 31.4 Å². The minimum absolute atomic E-state index is 0.533. The molecule has 0 bridgehead atoms. The van der Waals surface area contributed by atoms with Crippen molar-refractivity contribution in [3.63, 3.8) is 0 Å². The number of nitrogens with zero attached hydrogens (tertiary/aromatic N) is 2. The molecule has 2 fully saturated rings. The maximum absolute atomic E-state index is 5.43. The fourth-order valence-corrected chi connectivity index (χ4v) is 4.59. The highest BCUT2D eigenvalue weighted by molar-refractivity contribution is 5.79. The van der Waals surface area contributed by atoms with Crippen LogP contribution < -0.4 is 15.4 Å². The number of benzene rings is 1. The van der Waals surface area contributed by atoms with Crippen molar-refractivity contribution in [2.75, 3.05) is 33.8 Å². The van der Waals surface area contributed by atoms with Crippen LogP contribution in [0.4, 0.5) is 0 Å². The second kappa shape index (κ2) is 10.7. The molecule has 1 saturated carbocycles. The van der Waals surface area contributed by atoms with Crippen molar-refractivity contribution in [1.29, 1.82) is 0 Å². The van der Waals surface area contributed by atoms with Gasteiger partial charge in [0.1, 0.15) is 5.75 Å². The molecule has 0 radical (unpaired) electrons. The Kier molecular flexibility index (Phi) is 8.01. The van der Waals surface area contributed by atoms with Gasteiger partial charge in [0.05, 0.1) is 7.11 Å². The second-order valence-electron chi connectivity index (χ2n) is 8.30. The summed E-state index contributed by atoms with van der Waals surface area (Å²) in [5.74, 6) is 1.89. The molecule has 0 amide bonds. The van der Waals surface area contributed by atoms with E-state index in [9.17, 15) is 0 Å². The SMILES string of the molecule is CN=C(NCCc1ccc(C)c(OC)c1)NC1CCN(C2CCCCC2)CC1. The average molecular weight is 387 g/mol. The van der Waals surface area contributed by atoms with E-state index in [2.05, 4.69) is 45.6 Å². The van der Waals surface area contributed by atoms with Crippen LogP contribution in [0.3, 0.4) is 0 Å². The lowest BCUT2D eigenvalue weighted by Crippen LogP contribution is -2.51. The molecular formula is C23H38N4O. The number of methoxy groups -OCH3 is 1. The van der Waals surface area contributed by atoms with Gasteiger partial charge in [0.25, 0.3) is 0 Å². The highest BCUT2D eigenvalue weighted by Crippen LogP contribution is 2.25. The molecule has 2 N–H and O–H groups in total. The molecule has 3 rings (SSSR count). The Morgan fingerprint density at radius 2 is 1.89 bits per heavy atom. The monoisotopic (exact) mass is 386 g/mol. The molecule has 0 spiro atoms. The summed E-state index contributed by atoms with van der Waals surface area (Å²) in [7, 11) is 3.59. The predicted molar refractivity (Wildman–Crippen MR) is 117 cm³/mol. The van der Waals surface area contributed by atoms with Crippen LogP contribution in [0, 0.1) is 6.92 Å². The lowest BCUT2D eigenvalue weighted by Gasteiger charge is -2.39. The fourth-order valence-electron chi connectivity index (χ4n) is 4.59. The van der Waals surface area contributed by atoms with Gasteiger partial charge in [-0.3, -0.25) is 4.99 Å². The third kappa shape index (κ3) is 5.87. The summed E-state index contributed by atoms with van der Waals surface area (Å²) in [5.41, 5.74) is 2.46. The van der Waals surface area contributed by atoms with E-state index in [1.807, 2.05) is 7.05 Å². The van der Waals surface area contributed by atoms with Crippen LogP contribution in [-0.2, 0) is 6.42 Å². The molecule has 1 aromatic rings. The quantitative estimate of drug-likeness (QED) is 0.580. The highest BCUT2D eigenvalue weighted by atomic mass is 16.5. The minimum Gasteiger partial charge on any atom is -0.496 e. The van der Waals surface area contributed by atoms with Gasteiger partial charge in [-0.05, 0) is 56.2 Å². The zero-order valence-electron chi connectivity index (χ0n) is 18.0. The van der Waals surface area contributed by atoms with E-state index < -0.39 is 0 Å². The molecule has 5 heteroatoms. The van der Waals surface area contributed by atoms with Crippen molar-refractivity contribution in [3.8, 4) is 5.75 Å². The molecule has 1 aliphatic heterocycles. The number of ether oxygens (including phenoxy) is 1.